The van der Waals surface area contributed by atoms with E-state index < -0.39 is 11.6 Å². The second kappa shape index (κ2) is 6.90. The van der Waals surface area contributed by atoms with Crippen LogP contribution in [0.1, 0.15) is 63.1 Å². The van der Waals surface area contributed by atoms with Crippen molar-refractivity contribution in [2.24, 2.45) is 0 Å². The normalized spacial score (nSPS) is 29.8. The van der Waals surface area contributed by atoms with Gasteiger partial charge in [-0.25, -0.2) is 4.79 Å². The van der Waals surface area contributed by atoms with Gasteiger partial charge in [-0.3, -0.25) is 14.5 Å². The van der Waals surface area contributed by atoms with Crippen LogP contribution in [0, 0.1) is 0 Å². The lowest BCUT2D eigenvalue weighted by Crippen LogP contribution is -2.52. The van der Waals surface area contributed by atoms with Crippen LogP contribution in [0.25, 0.3) is 0 Å². The number of nitrogens with one attached hydrogen (secondary N) is 1. The van der Waals surface area contributed by atoms with E-state index in [-0.39, 0.29) is 30.4 Å². The maximum absolute atomic E-state index is 13.2. The summed E-state index contributed by atoms with van der Waals surface area (Å²) >= 11 is 0. The predicted octanol–water partition coefficient (Wildman–Crippen LogP) is 2.73. The molecule has 1 aliphatic carbocycles. The van der Waals surface area contributed by atoms with Gasteiger partial charge in [-0.05, 0) is 76.0 Å². The quantitative estimate of drug-likeness (QED) is 0.816. The fourth-order valence-corrected chi connectivity index (χ4v) is 5.05. The summed E-state index contributed by atoms with van der Waals surface area (Å²) in [5.74, 6) is -0.498. The van der Waals surface area contributed by atoms with E-state index in [9.17, 15) is 14.4 Å². The molecule has 0 aromatic heterocycles. The molecule has 1 N–H and O–H groups in total. The molecule has 3 atom stereocenters. The molecule has 0 radical (unpaired) electrons. The summed E-state index contributed by atoms with van der Waals surface area (Å²) < 4.78 is 0. The van der Waals surface area contributed by atoms with Crippen LogP contribution in [0.5, 0.6) is 0 Å². The third-order valence-electron chi connectivity index (χ3n) is 6.73. The molecule has 2 heterocycles. The molecule has 2 aliphatic heterocycles. The summed E-state index contributed by atoms with van der Waals surface area (Å²) in [5, 5.41) is 2.84. The summed E-state index contributed by atoms with van der Waals surface area (Å²) in [6.07, 6.45) is 6.23. The molecule has 4 rings (SSSR count). The van der Waals surface area contributed by atoms with Crippen molar-refractivity contribution < 1.29 is 14.4 Å². The number of urea groups is 1. The first kappa shape index (κ1) is 19.0. The SMILES string of the molecule is CC1CCCC(C)N1C(=O)CN1C(=O)NC(C)(c2ccc3c(c2)CCC3)C1=O. The minimum atomic E-state index is -1.12. The third-order valence-corrected chi connectivity index (χ3v) is 6.73. The Kier molecular flexibility index (Phi) is 4.68. The standard InChI is InChI=1S/C22H29N3O3/c1-14-6-4-7-15(2)25(14)19(26)13-24-20(27)22(3,23-21(24)28)18-11-10-16-8-5-9-17(16)12-18/h10-12,14-15H,4-9,13H2,1-3H3,(H,23,28). The Hall–Kier alpha value is -2.37. The molecule has 28 heavy (non-hydrogen) atoms. The van der Waals surface area contributed by atoms with Crippen LogP contribution < -0.4 is 5.32 Å². The van der Waals surface area contributed by atoms with Gasteiger partial charge >= 0.3 is 6.03 Å². The zero-order valence-corrected chi connectivity index (χ0v) is 17.0. The molecule has 2 saturated heterocycles. The van der Waals surface area contributed by atoms with E-state index in [0.717, 1.165) is 49.0 Å². The number of carbonyl (C=O) groups is 3. The molecule has 4 amide bonds. The number of imide groups is 1. The molecule has 0 saturated carbocycles. The van der Waals surface area contributed by atoms with Gasteiger partial charge in [0.1, 0.15) is 12.1 Å². The monoisotopic (exact) mass is 383 g/mol. The lowest BCUT2D eigenvalue weighted by Gasteiger charge is -2.39. The number of rotatable bonds is 3. The lowest BCUT2D eigenvalue weighted by atomic mass is 9.89. The van der Waals surface area contributed by atoms with E-state index in [4.69, 9.17) is 0 Å². The second-order valence-corrected chi connectivity index (χ2v) is 8.71. The number of likely N-dealkylation sites (tertiary alicyclic amines) is 1. The molecule has 3 unspecified atom stereocenters. The number of hydrogen-bond acceptors (Lipinski definition) is 3. The molecular weight excluding hydrogens is 354 g/mol. The van der Waals surface area contributed by atoms with Crippen LogP contribution in [-0.2, 0) is 28.0 Å². The minimum Gasteiger partial charge on any atom is -0.336 e. The summed E-state index contributed by atoms with van der Waals surface area (Å²) in [4.78, 5) is 41.7. The van der Waals surface area contributed by atoms with Crippen LogP contribution >= 0.6 is 0 Å². The number of fused-ring (bicyclic) bond motifs is 1. The third kappa shape index (κ3) is 2.99. The van der Waals surface area contributed by atoms with Crippen LogP contribution in [-0.4, -0.2) is 46.3 Å². The highest BCUT2D eigenvalue weighted by Gasteiger charge is 2.50. The van der Waals surface area contributed by atoms with Crippen molar-refractivity contribution >= 4 is 17.8 Å². The van der Waals surface area contributed by atoms with Crippen molar-refractivity contribution in [2.45, 2.75) is 76.9 Å². The lowest BCUT2D eigenvalue weighted by molar-refractivity contribution is -0.142. The van der Waals surface area contributed by atoms with Gasteiger partial charge < -0.3 is 10.2 Å². The Bertz CT molecular complexity index is 826. The van der Waals surface area contributed by atoms with E-state index in [1.54, 1.807) is 6.92 Å². The van der Waals surface area contributed by atoms with Crippen molar-refractivity contribution in [1.82, 2.24) is 15.1 Å². The number of aryl methyl sites for hydroxylation is 2. The highest BCUT2D eigenvalue weighted by molar-refractivity contribution is 6.09. The van der Waals surface area contributed by atoms with Gasteiger partial charge in [-0.15, -0.1) is 0 Å². The number of amides is 4. The second-order valence-electron chi connectivity index (χ2n) is 8.71. The highest BCUT2D eigenvalue weighted by atomic mass is 16.2. The molecule has 1 aromatic rings. The molecule has 0 bridgehead atoms. The Labute approximate surface area is 166 Å². The first-order valence-corrected chi connectivity index (χ1v) is 10.4. The van der Waals surface area contributed by atoms with Crippen molar-refractivity contribution in [2.75, 3.05) is 6.54 Å². The number of carbonyl (C=O) groups excluding carboxylic acids is 3. The fraction of sp³-hybridized carbons (Fsp3) is 0.591. The zero-order chi connectivity index (χ0) is 20.1. The average Bonchev–Trinajstić information content (AvgIpc) is 3.20. The van der Waals surface area contributed by atoms with Gasteiger partial charge in [-0.1, -0.05) is 18.2 Å². The summed E-state index contributed by atoms with van der Waals surface area (Å²) in [7, 11) is 0. The number of nitrogens with zero attached hydrogens (tertiary/aromatic N) is 2. The molecule has 0 spiro atoms. The largest absolute Gasteiger partial charge is 0.336 e. The number of piperidine rings is 1. The first-order chi connectivity index (χ1) is 13.3. The fourth-order valence-electron chi connectivity index (χ4n) is 5.05. The molecule has 150 valence electrons. The van der Waals surface area contributed by atoms with Crippen molar-refractivity contribution in [3.05, 3.63) is 34.9 Å². The van der Waals surface area contributed by atoms with Gasteiger partial charge in [0.05, 0.1) is 0 Å². The molecular formula is C22H29N3O3. The summed E-state index contributed by atoms with van der Waals surface area (Å²) in [6.45, 7) is 5.61. The topological polar surface area (TPSA) is 69.7 Å². The molecule has 2 fully saturated rings. The average molecular weight is 383 g/mol. The number of benzene rings is 1. The summed E-state index contributed by atoms with van der Waals surface area (Å²) in [5.41, 5.74) is 2.25. The maximum Gasteiger partial charge on any atom is 0.325 e. The van der Waals surface area contributed by atoms with Gasteiger partial charge in [0.15, 0.2) is 0 Å². The smallest absolute Gasteiger partial charge is 0.325 e. The molecule has 6 nitrogen and oxygen atoms in total. The Morgan fingerprint density at radius 1 is 1.11 bits per heavy atom. The Balaban J connectivity index is 1.54. The highest BCUT2D eigenvalue weighted by Crippen LogP contribution is 2.33. The van der Waals surface area contributed by atoms with Crippen molar-refractivity contribution in [1.29, 1.82) is 0 Å². The Morgan fingerprint density at radius 2 is 1.79 bits per heavy atom. The molecule has 3 aliphatic rings. The van der Waals surface area contributed by atoms with Gasteiger partial charge in [0.25, 0.3) is 5.91 Å². The Morgan fingerprint density at radius 3 is 2.50 bits per heavy atom. The van der Waals surface area contributed by atoms with Gasteiger partial charge in [0.2, 0.25) is 5.91 Å². The van der Waals surface area contributed by atoms with E-state index in [1.807, 2.05) is 30.9 Å². The van der Waals surface area contributed by atoms with Crippen LogP contribution in [0.4, 0.5) is 4.79 Å². The van der Waals surface area contributed by atoms with E-state index in [0.29, 0.717) is 0 Å². The van der Waals surface area contributed by atoms with Crippen molar-refractivity contribution in [3.8, 4) is 0 Å². The van der Waals surface area contributed by atoms with E-state index >= 15 is 0 Å². The van der Waals surface area contributed by atoms with E-state index in [2.05, 4.69) is 11.4 Å². The first-order valence-electron chi connectivity index (χ1n) is 10.4. The van der Waals surface area contributed by atoms with Crippen LogP contribution in [0.2, 0.25) is 0 Å². The molecule has 1 aromatic carbocycles. The maximum atomic E-state index is 13.2. The van der Waals surface area contributed by atoms with Crippen molar-refractivity contribution in [3.63, 3.8) is 0 Å². The predicted molar refractivity (Wildman–Crippen MR) is 106 cm³/mol. The number of hydrogen-bond donors (Lipinski definition) is 1. The van der Waals surface area contributed by atoms with Gasteiger partial charge in [-0.2, -0.15) is 0 Å². The van der Waals surface area contributed by atoms with Crippen LogP contribution in [0.3, 0.4) is 0 Å². The van der Waals surface area contributed by atoms with Crippen LogP contribution in [0.15, 0.2) is 18.2 Å². The van der Waals surface area contributed by atoms with Gasteiger partial charge in [0, 0.05) is 12.1 Å². The van der Waals surface area contributed by atoms with E-state index in [1.165, 1.54) is 11.1 Å². The minimum absolute atomic E-state index is 0.139. The summed E-state index contributed by atoms with van der Waals surface area (Å²) in [6, 6.07) is 5.83. The molecule has 6 heteroatoms. The zero-order valence-electron chi connectivity index (χ0n) is 17.0.